The van der Waals surface area contributed by atoms with E-state index in [0.29, 0.717) is 11.7 Å². The van der Waals surface area contributed by atoms with Gasteiger partial charge in [-0.1, -0.05) is 11.6 Å². The first-order valence-electron chi connectivity index (χ1n) is 7.08. The molecule has 1 heterocycles. The molecular formula is C14H21N3O2. The standard InChI is InChI=1S/C14H21N3O2/c1-8(18)16-14(2,3)13-15-12(19-17-13)11-7-9-4-5-10(11)6-9/h9-11H,4-7H2,1-3H3,(H,16,18)/t9-,10+,11+/m0/s1. The molecule has 2 fully saturated rings. The van der Waals surface area contributed by atoms with Gasteiger partial charge >= 0.3 is 0 Å². The van der Waals surface area contributed by atoms with Gasteiger partial charge in [-0.15, -0.1) is 0 Å². The third kappa shape index (κ3) is 2.26. The Balaban J connectivity index is 1.78. The Labute approximate surface area is 113 Å². The van der Waals surface area contributed by atoms with Crippen molar-refractivity contribution in [2.75, 3.05) is 0 Å². The van der Waals surface area contributed by atoms with E-state index in [1.54, 1.807) is 0 Å². The Bertz CT molecular complexity index is 495. The lowest BCUT2D eigenvalue weighted by atomic mass is 9.89. The van der Waals surface area contributed by atoms with E-state index in [2.05, 4.69) is 15.5 Å². The van der Waals surface area contributed by atoms with E-state index in [4.69, 9.17) is 4.52 Å². The molecule has 2 aliphatic carbocycles. The Morgan fingerprint density at radius 3 is 2.74 bits per heavy atom. The second kappa shape index (κ2) is 4.32. The normalized spacial score (nSPS) is 29.7. The fourth-order valence-electron chi connectivity index (χ4n) is 3.68. The molecular weight excluding hydrogens is 242 g/mol. The van der Waals surface area contributed by atoms with Crippen LogP contribution in [0.4, 0.5) is 0 Å². The Morgan fingerprint density at radius 1 is 1.37 bits per heavy atom. The number of carbonyl (C=O) groups excluding carboxylic acids is 1. The van der Waals surface area contributed by atoms with Gasteiger partial charge in [0, 0.05) is 12.8 Å². The maximum Gasteiger partial charge on any atom is 0.230 e. The lowest BCUT2D eigenvalue weighted by molar-refractivity contribution is -0.120. The maximum atomic E-state index is 11.2. The number of hydrogen-bond acceptors (Lipinski definition) is 4. The summed E-state index contributed by atoms with van der Waals surface area (Å²) in [5.41, 5.74) is -0.578. The summed E-state index contributed by atoms with van der Waals surface area (Å²) in [6.45, 7) is 5.28. The number of amides is 1. The fraction of sp³-hybridized carbons (Fsp3) is 0.786. The molecule has 0 aliphatic heterocycles. The van der Waals surface area contributed by atoms with E-state index < -0.39 is 5.54 Å². The molecule has 0 spiro atoms. The molecule has 1 aromatic rings. The number of nitrogens with zero attached hydrogens (tertiary/aromatic N) is 2. The van der Waals surface area contributed by atoms with Gasteiger partial charge in [-0.2, -0.15) is 4.98 Å². The number of aromatic nitrogens is 2. The van der Waals surface area contributed by atoms with Crippen LogP contribution >= 0.6 is 0 Å². The number of rotatable bonds is 3. The minimum atomic E-state index is -0.578. The Hall–Kier alpha value is -1.39. The van der Waals surface area contributed by atoms with Crippen molar-refractivity contribution in [1.82, 2.24) is 15.5 Å². The summed E-state index contributed by atoms with van der Waals surface area (Å²) in [5.74, 6) is 3.27. The molecule has 2 saturated carbocycles. The van der Waals surface area contributed by atoms with Gasteiger partial charge in [0.15, 0.2) is 5.82 Å². The zero-order valence-corrected chi connectivity index (χ0v) is 11.8. The third-order valence-corrected chi connectivity index (χ3v) is 4.54. The van der Waals surface area contributed by atoms with Crippen LogP contribution in [-0.2, 0) is 10.3 Å². The highest BCUT2D eigenvalue weighted by Gasteiger charge is 2.43. The van der Waals surface area contributed by atoms with Gasteiger partial charge in [-0.3, -0.25) is 4.79 Å². The molecule has 1 N–H and O–H groups in total. The van der Waals surface area contributed by atoms with Crippen molar-refractivity contribution in [3.63, 3.8) is 0 Å². The van der Waals surface area contributed by atoms with Crippen molar-refractivity contribution >= 4 is 5.91 Å². The molecule has 5 nitrogen and oxygen atoms in total. The molecule has 0 radical (unpaired) electrons. The smallest absolute Gasteiger partial charge is 0.230 e. The van der Waals surface area contributed by atoms with E-state index in [1.165, 1.54) is 32.6 Å². The van der Waals surface area contributed by atoms with Crippen LogP contribution in [0.15, 0.2) is 4.52 Å². The minimum Gasteiger partial charge on any atom is -0.344 e. The SMILES string of the molecule is CC(=O)NC(C)(C)c1noc([C@@H]2C[C@H]3CC[C@@H]2C3)n1. The van der Waals surface area contributed by atoms with E-state index in [1.807, 2.05) is 13.8 Å². The fourth-order valence-corrected chi connectivity index (χ4v) is 3.68. The first-order chi connectivity index (χ1) is 8.95. The summed E-state index contributed by atoms with van der Waals surface area (Å²) in [4.78, 5) is 15.7. The lowest BCUT2D eigenvalue weighted by Gasteiger charge is -2.21. The number of fused-ring (bicyclic) bond motifs is 2. The first-order valence-corrected chi connectivity index (χ1v) is 7.08. The van der Waals surface area contributed by atoms with Crippen LogP contribution in [0.2, 0.25) is 0 Å². The van der Waals surface area contributed by atoms with Gasteiger partial charge < -0.3 is 9.84 Å². The van der Waals surface area contributed by atoms with Gasteiger partial charge in [0.25, 0.3) is 0 Å². The molecule has 2 aliphatic rings. The Kier molecular flexibility index (Phi) is 2.87. The van der Waals surface area contributed by atoms with Crippen molar-refractivity contribution in [1.29, 1.82) is 0 Å². The largest absolute Gasteiger partial charge is 0.344 e. The average Bonchev–Trinajstić information content (AvgIpc) is 3.03. The van der Waals surface area contributed by atoms with Crippen LogP contribution in [0.1, 0.15) is 64.1 Å². The zero-order chi connectivity index (χ0) is 13.6. The third-order valence-electron chi connectivity index (χ3n) is 4.54. The van der Waals surface area contributed by atoms with E-state index in [-0.39, 0.29) is 5.91 Å². The lowest BCUT2D eigenvalue weighted by Crippen LogP contribution is -2.40. The molecule has 5 heteroatoms. The summed E-state index contributed by atoms with van der Waals surface area (Å²) in [5, 5.41) is 6.92. The van der Waals surface area contributed by atoms with Gasteiger partial charge in [0.1, 0.15) is 0 Å². The summed E-state index contributed by atoms with van der Waals surface area (Å²) >= 11 is 0. The summed E-state index contributed by atoms with van der Waals surface area (Å²) in [7, 11) is 0. The molecule has 1 aromatic heterocycles. The van der Waals surface area contributed by atoms with Gasteiger partial charge in [0.05, 0.1) is 5.54 Å². The maximum absolute atomic E-state index is 11.2. The van der Waals surface area contributed by atoms with Crippen LogP contribution in [0.3, 0.4) is 0 Å². The minimum absolute atomic E-state index is 0.0868. The monoisotopic (exact) mass is 263 g/mol. The summed E-state index contributed by atoms with van der Waals surface area (Å²) in [6.07, 6.45) is 5.16. The van der Waals surface area contributed by atoms with Crippen LogP contribution in [-0.4, -0.2) is 16.0 Å². The molecule has 0 saturated heterocycles. The van der Waals surface area contributed by atoms with Gasteiger partial charge in [-0.05, 0) is 44.9 Å². The quantitative estimate of drug-likeness (QED) is 0.909. The highest BCUT2D eigenvalue weighted by atomic mass is 16.5. The predicted molar refractivity (Wildman–Crippen MR) is 69.3 cm³/mol. The molecule has 19 heavy (non-hydrogen) atoms. The first kappa shape index (κ1) is 12.6. The zero-order valence-electron chi connectivity index (χ0n) is 11.8. The molecule has 1 amide bonds. The molecule has 2 bridgehead atoms. The number of hydrogen-bond donors (Lipinski definition) is 1. The molecule has 0 aromatic carbocycles. The van der Waals surface area contributed by atoms with E-state index in [9.17, 15) is 4.79 Å². The van der Waals surface area contributed by atoms with Crippen LogP contribution in [0, 0.1) is 11.8 Å². The molecule has 0 unspecified atom stereocenters. The second-order valence-electron chi connectivity index (χ2n) is 6.54. The van der Waals surface area contributed by atoms with E-state index in [0.717, 1.165) is 17.7 Å². The highest BCUT2D eigenvalue weighted by Crippen LogP contribution is 2.52. The van der Waals surface area contributed by atoms with Crippen molar-refractivity contribution < 1.29 is 9.32 Å². The van der Waals surface area contributed by atoms with Crippen LogP contribution in [0.25, 0.3) is 0 Å². The average molecular weight is 263 g/mol. The number of nitrogens with one attached hydrogen (secondary N) is 1. The summed E-state index contributed by atoms with van der Waals surface area (Å²) in [6, 6.07) is 0. The van der Waals surface area contributed by atoms with Crippen molar-refractivity contribution in [2.24, 2.45) is 11.8 Å². The van der Waals surface area contributed by atoms with Crippen molar-refractivity contribution in [2.45, 2.75) is 57.9 Å². The van der Waals surface area contributed by atoms with Gasteiger partial charge in [-0.25, -0.2) is 0 Å². The second-order valence-corrected chi connectivity index (χ2v) is 6.54. The molecule has 3 rings (SSSR count). The topological polar surface area (TPSA) is 68.0 Å². The highest BCUT2D eigenvalue weighted by molar-refractivity contribution is 5.73. The molecule has 3 atom stereocenters. The van der Waals surface area contributed by atoms with Crippen LogP contribution in [0.5, 0.6) is 0 Å². The predicted octanol–water partition coefficient (Wildman–Crippen LogP) is 2.34. The number of carbonyl (C=O) groups is 1. The van der Waals surface area contributed by atoms with Gasteiger partial charge in [0.2, 0.25) is 11.8 Å². The van der Waals surface area contributed by atoms with Crippen molar-refractivity contribution in [3.8, 4) is 0 Å². The molecule has 104 valence electrons. The Morgan fingerprint density at radius 2 is 2.16 bits per heavy atom. The van der Waals surface area contributed by atoms with E-state index >= 15 is 0 Å². The van der Waals surface area contributed by atoms with Crippen LogP contribution < -0.4 is 5.32 Å². The van der Waals surface area contributed by atoms with Crippen molar-refractivity contribution in [3.05, 3.63) is 11.7 Å². The summed E-state index contributed by atoms with van der Waals surface area (Å²) < 4.78 is 5.46.